The fraction of sp³-hybridized carbons (Fsp3) is 0.105. The number of ketones is 1. The van der Waals surface area contributed by atoms with E-state index in [4.69, 9.17) is 0 Å². The molecule has 0 aliphatic carbocycles. The summed E-state index contributed by atoms with van der Waals surface area (Å²) in [6, 6.07) is 7.05. The highest BCUT2D eigenvalue weighted by atomic mass is 16.3. The molecular formula is C19H16N2O5. The van der Waals surface area contributed by atoms with Crippen molar-refractivity contribution in [2.75, 3.05) is 5.32 Å². The van der Waals surface area contributed by atoms with Gasteiger partial charge in [0, 0.05) is 30.7 Å². The summed E-state index contributed by atoms with van der Waals surface area (Å²) in [6.45, 7) is 1.32. The lowest BCUT2D eigenvalue weighted by Crippen LogP contribution is -2.13. The second-order valence-corrected chi connectivity index (χ2v) is 5.80. The number of allylic oxidation sites excluding steroid dienone is 1. The van der Waals surface area contributed by atoms with Crippen LogP contribution >= 0.6 is 0 Å². The van der Waals surface area contributed by atoms with Crippen LogP contribution in [0.5, 0.6) is 17.2 Å². The molecule has 7 nitrogen and oxygen atoms in total. The molecule has 4 N–H and O–H groups in total. The van der Waals surface area contributed by atoms with Gasteiger partial charge in [-0.15, -0.1) is 0 Å². The molecule has 26 heavy (non-hydrogen) atoms. The number of carbonyl (C=O) groups excluding carboxylic acids is 2. The first-order chi connectivity index (χ1) is 12.4. The zero-order valence-electron chi connectivity index (χ0n) is 13.9. The molecular weight excluding hydrogens is 336 g/mol. The molecule has 1 amide bonds. The highest BCUT2D eigenvalue weighted by Crippen LogP contribution is 2.36. The molecule has 2 aromatic rings. The number of hydrogen-bond donors (Lipinski definition) is 4. The quantitative estimate of drug-likeness (QED) is 0.498. The fourth-order valence-corrected chi connectivity index (χ4v) is 2.65. The van der Waals surface area contributed by atoms with Crippen LogP contribution in [-0.2, 0) is 4.79 Å². The van der Waals surface area contributed by atoms with Crippen molar-refractivity contribution >= 4 is 23.1 Å². The topological polar surface area (TPSA) is 119 Å². The maximum absolute atomic E-state index is 12.9. The normalized spacial score (nSPS) is 12.7. The van der Waals surface area contributed by atoms with Crippen LogP contribution in [0.4, 0.5) is 5.69 Å². The van der Waals surface area contributed by atoms with Gasteiger partial charge in [-0.05, 0) is 29.8 Å². The Kier molecular flexibility index (Phi) is 4.45. The Labute approximate surface area is 148 Å². The molecule has 3 rings (SSSR count). The van der Waals surface area contributed by atoms with Gasteiger partial charge in [-0.3, -0.25) is 14.6 Å². The van der Waals surface area contributed by atoms with Gasteiger partial charge in [-0.25, -0.2) is 0 Å². The molecule has 0 unspecified atom stereocenters. The summed E-state index contributed by atoms with van der Waals surface area (Å²) in [6.07, 6.45) is 4.19. The van der Waals surface area contributed by atoms with Gasteiger partial charge in [-0.2, -0.15) is 0 Å². The van der Waals surface area contributed by atoms with Crippen LogP contribution in [0.15, 0.2) is 47.6 Å². The molecule has 0 spiro atoms. The van der Waals surface area contributed by atoms with E-state index < -0.39 is 23.0 Å². The Balaban J connectivity index is 2.09. The SMILES string of the molecule is CC(=O)Nc1ccc(C2=NC=CC2)cc1C(=O)c1cc(O)c(O)c(O)c1. The largest absolute Gasteiger partial charge is 0.504 e. The lowest BCUT2D eigenvalue weighted by atomic mass is 9.96. The Morgan fingerprint density at radius 2 is 1.77 bits per heavy atom. The van der Waals surface area contributed by atoms with Crippen molar-refractivity contribution in [3.63, 3.8) is 0 Å². The zero-order valence-corrected chi connectivity index (χ0v) is 13.9. The fourth-order valence-electron chi connectivity index (χ4n) is 2.65. The number of benzene rings is 2. The van der Waals surface area contributed by atoms with Crippen LogP contribution in [0.2, 0.25) is 0 Å². The van der Waals surface area contributed by atoms with Gasteiger partial charge in [-0.1, -0.05) is 12.1 Å². The molecule has 1 aliphatic heterocycles. The van der Waals surface area contributed by atoms with Gasteiger partial charge in [0.15, 0.2) is 23.0 Å². The third-order valence-corrected chi connectivity index (χ3v) is 3.89. The minimum absolute atomic E-state index is 0.0342. The smallest absolute Gasteiger partial charge is 0.221 e. The molecule has 0 aromatic heterocycles. The van der Waals surface area contributed by atoms with E-state index >= 15 is 0 Å². The number of carbonyl (C=O) groups is 2. The van der Waals surface area contributed by atoms with Crippen molar-refractivity contribution in [1.82, 2.24) is 0 Å². The summed E-state index contributed by atoms with van der Waals surface area (Å²) >= 11 is 0. The summed E-state index contributed by atoms with van der Waals surface area (Å²) in [5.74, 6) is -2.82. The predicted octanol–water partition coefficient (Wildman–Crippen LogP) is 2.70. The van der Waals surface area contributed by atoms with E-state index in [2.05, 4.69) is 10.3 Å². The van der Waals surface area contributed by atoms with Gasteiger partial charge in [0.2, 0.25) is 5.91 Å². The summed E-state index contributed by atoms with van der Waals surface area (Å²) in [4.78, 5) is 28.6. The summed E-state index contributed by atoms with van der Waals surface area (Å²) in [5, 5.41) is 31.4. The first kappa shape index (κ1) is 17.2. The third-order valence-electron chi connectivity index (χ3n) is 3.89. The van der Waals surface area contributed by atoms with E-state index in [0.29, 0.717) is 12.1 Å². The molecule has 1 aliphatic rings. The number of aliphatic imine (C=N–C) groups is 1. The summed E-state index contributed by atoms with van der Waals surface area (Å²) in [5.41, 5.74) is 1.94. The second kappa shape index (κ2) is 6.72. The third kappa shape index (κ3) is 3.27. The maximum Gasteiger partial charge on any atom is 0.221 e. The maximum atomic E-state index is 12.9. The molecule has 0 saturated heterocycles. The number of amides is 1. The first-order valence-corrected chi connectivity index (χ1v) is 7.80. The van der Waals surface area contributed by atoms with Crippen LogP contribution in [0.3, 0.4) is 0 Å². The average molecular weight is 352 g/mol. The molecule has 0 bridgehead atoms. The van der Waals surface area contributed by atoms with Crippen molar-refractivity contribution < 1.29 is 24.9 Å². The van der Waals surface area contributed by atoms with E-state index in [9.17, 15) is 24.9 Å². The van der Waals surface area contributed by atoms with Crippen molar-refractivity contribution in [1.29, 1.82) is 0 Å². The highest BCUT2D eigenvalue weighted by Gasteiger charge is 2.20. The first-order valence-electron chi connectivity index (χ1n) is 7.80. The number of phenols is 3. The highest BCUT2D eigenvalue weighted by molar-refractivity contribution is 6.16. The molecule has 0 saturated carbocycles. The van der Waals surface area contributed by atoms with Crippen LogP contribution in [0.25, 0.3) is 0 Å². The number of anilines is 1. The molecule has 0 atom stereocenters. The van der Waals surface area contributed by atoms with Crippen LogP contribution in [0.1, 0.15) is 34.8 Å². The number of rotatable bonds is 4. The number of aromatic hydroxyl groups is 3. The van der Waals surface area contributed by atoms with Gasteiger partial charge >= 0.3 is 0 Å². The minimum atomic E-state index is -0.705. The Morgan fingerprint density at radius 3 is 2.35 bits per heavy atom. The lowest BCUT2D eigenvalue weighted by molar-refractivity contribution is -0.114. The Morgan fingerprint density at radius 1 is 1.08 bits per heavy atom. The summed E-state index contributed by atoms with van der Waals surface area (Å²) < 4.78 is 0. The van der Waals surface area contributed by atoms with Crippen molar-refractivity contribution in [2.24, 2.45) is 4.99 Å². The standard InChI is InChI=1S/C19H16N2O5/c1-10(22)21-15-5-4-11(14-3-2-6-20-14)7-13(15)18(25)12-8-16(23)19(26)17(24)9-12/h2,4-9,23-24,26H,3H2,1H3,(H,21,22). The lowest BCUT2D eigenvalue weighted by Gasteiger charge is -2.12. The Hall–Kier alpha value is -3.61. The average Bonchev–Trinajstić information content (AvgIpc) is 3.13. The van der Waals surface area contributed by atoms with E-state index in [1.54, 1.807) is 24.4 Å². The van der Waals surface area contributed by atoms with E-state index in [-0.39, 0.29) is 17.0 Å². The monoisotopic (exact) mass is 352 g/mol. The minimum Gasteiger partial charge on any atom is -0.504 e. The van der Waals surface area contributed by atoms with Gasteiger partial charge < -0.3 is 20.6 Å². The number of nitrogens with zero attached hydrogens (tertiary/aromatic N) is 1. The van der Waals surface area contributed by atoms with Gasteiger partial charge in [0.25, 0.3) is 0 Å². The number of nitrogens with one attached hydrogen (secondary N) is 1. The number of hydrogen-bond acceptors (Lipinski definition) is 6. The second-order valence-electron chi connectivity index (χ2n) is 5.80. The molecule has 132 valence electrons. The van der Waals surface area contributed by atoms with Gasteiger partial charge in [0.1, 0.15) is 0 Å². The van der Waals surface area contributed by atoms with Crippen molar-refractivity contribution in [3.8, 4) is 17.2 Å². The predicted molar refractivity (Wildman–Crippen MR) is 95.9 cm³/mol. The van der Waals surface area contributed by atoms with Crippen molar-refractivity contribution in [3.05, 3.63) is 59.3 Å². The molecule has 2 aromatic carbocycles. The van der Waals surface area contributed by atoms with Crippen LogP contribution in [-0.4, -0.2) is 32.7 Å². The summed E-state index contributed by atoms with van der Waals surface area (Å²) in [7, 11) is 0. The molecule has 0 fully saturated rings. The molecule has 0 radical (unpaired) electrons. The van der Waals surface area contributed by atoms with E-state index in [1.807, 2.05) is 6.08 Å². The number of phenolic OH excluding ortho intramolecular Hbond substituents is 3. The van der Waals surface area contributed by atoms with Crippen molar-refractivity contribution in [2.45, 2.75) is 13.3 Å². The Bertz CT molecular complexity index is 953. The van der Waals surface area contributed by atoms with E-state index in [1.165, 1.54) is 6.92 Å². The van der Waals surface area contributed by atoms with Gasteiger partial charge in [0.05, 0.1) is 11.4 Å². The van der Waals surface area contributed by atoms with E-state index in [0.717, 1.165) is 23.4 Å². The van der Waals surface area contributed by atoms with Crippen LogP contribution in [0, 0.1) is 0 Å². The van der Waals surface area contributed by atoms with Crippen LogP contribution < -0.4 is 5.32 Å². The molecule has 7 heteroatoms. The molecule has 1 heterocycles. The zero-order chi connectivity index (χ0) is 18.8.